The molecule has 0 atom stereocenters. The minimum atomic E-state index is -0.368. The second-order valence-corrected chi connectivity index (χ2v) is 4.99. The third-order valence-corrected chi connectivity index (χ3v) is 3.13. The van der Waals surface area contributed by atoms with Crippen molar-refractivity contribution in [2.45, 2.75) is 6.92 Å². The van der Waals surface area contributed by atoms with E-state index in [0.717, 1.165) is 0 Å². The van der Waals surface area contributed by atoms with Gasteiger partial charge >= 0.3 is 0 Å². The van der Waals surface area contributed by atoms with Gasteiger partial charge < -0.3 is 14.6 Å². The molecule has 2 aromatic carbocycles. The summed E-state index contributed by atoms with van der Waals surface area (Å²) in [6, 6.07) is 12.5. The van der Waals surface area contributed by atoms with E-state index < -0.39 is 0 Å². The van der Waals surface area contributed by atoms with Crippen LogP contribution in [0.2, 0.25) is 0 Å². The Morgan fingerprint density at radius 3 is 2.67 bits per heavy atom. The summed E-state index contributed by atoms with van der Waals surface area (Å²) in [5.41, 5.74) is 1.10. The normalized spacial score (nSPS) is 10.4. The van der Waals surface area contributed by atoms with E-state index in [0.29, 0.717) is 28.7 Å². The first-order valence-electron chi connectivity index (χ1n) is 7.20. The predicted molar refractivity (Wildman–Crippen MR) is 85.0 cm³/mol. The van der Waals surface area contributed by atoms with E-state index >= 15 is 0 Å². The number of ether oxygens (including phenoxy) is 1. The quantitative estimate of drug-likeness (QED) is 0.778. The minimum Gasteiger partial charge on any atom is -0.483 e. The summed E-state index contributed by atoms with van der Waals surface area (Å²) in [6.45, 7) is 1.51. The Hall–Kier alpha value is -3.22. The fourth-order valence-electron chi connectivity index (χ4n) is 2.05. The van der Waals surface area contributed by atoms with Gasteiger partial charge in [0.05, 0.1) is 5.56 Å². The van der Waals surface area contributed by atoms with Crippen LogP contribution in [0.25, 0.3) is 11.5 Å². The second-order valence-electron chi connectivity index (χ2n) is 4.99. The van der Waals surface area contributed by atoms with Gasteiger partial charge in [0.2, 0.25) is 0 Å². The van der Waals surface area contributed by atoms with Crippen molar-refractivity contribution in [3.8, 4) is 17.2 Å². The summed E-state index contributed by atoms with van der Waals surface area (Å²) in [6.07, 6.45) is 0. The Morgan fingerprint density at radius 2 is 1.96 bits per heavy atom. The van der Waals surface area contributed by atoms with Crippen molar-refractivity contribution < 1.29 is 18.4 Å². The van der Waals surface area contributed by atoms with Crippen LogP contribution in [0.1, 0.15) is 5.82 Å². The number of hydrogen-bond donors (Lipinski definition) is 1. The lowest BCUT2D eigenvalue weighted by molar-refractivity contribution is -0.118. The molecule has 1 amide bonds. The molecule has 3 rings (SSSR count). The van der Waals surface area contributed by atoms with Crippen LogP contribution in [0, 0.1) is 12.7 Å². The number of carbonyl (C=O) groups is 1. The topological polar surface area (TPSA) is 77.2 Å². The SMILES string of the molecule is Cc1noc(-c2ccccc2OCC(=O)Nc2ccc(F)cc2)n1. The average Bonchev–Trinajstić information content (AvgIpc) is 3.02. The predicted octanol–water partition coefficient (Wildman–Crippen LogP) is 3.20. The Kier molecular flexibility index (Phi) is 4.51. The number of nitrogens with one attached hydrogen (secondary N) is 1. The zero-order valence-corrected chi connectivity index (χ0v) is 12.8. The van der Waals surface area contributed by atoms with Gasteiger partial charge in [0, 0.05) is 5.69 Å². The maximum absolute atomic E-state index is 12.8. The first kappa shape index (κ1) is 15.7. The number of halogens is 1. The van der Waals surface area contributed by atoms with Gasteiger partial charge in [-0.05, 0) is 43.3 Å². The molecule has 0 aliphatic heterocycles. The van der Waals surface area contributed by atoms with Crippen molar-refractivity contribution in [1.29, 1.82) is 0 Å². The average molecular weight is 327 g/mol. The standard InChI is InChI=1S/C17H14FN3O3/c1-11-19-17(24-21-11)14-4-2-3-5-15(14)23-10-16(22)20-13-8-6-12(18)7-9-13/h2-9H,10H2,1H3,(H,20,22). The molecule has 1 heterocycles. The number of amides is 1. The fourth-order valence-corrected chi connectivity index (χ4v) is 2.05. The molecule has 3 aromatic rings. The molecule has 0 bridgehead atoms. The highest BCUT2D eigenvalue weighted by atomic mass is 19.1. The van der Waals surface area contributed by atoms with Crippen LogP contribution in [0.15, 0.2) is 53.1 Å². The molecular weight excluding hydrogens is 313 g/mol. The molecule has 0 aliphatic rings. The number of carbonyl (C=O) groups excluding carboxylic acids is 1. The number of aryl methyl sites for hydroxylation is 1. The van der Waals surface area contributed by atoms with E-state index in [1.54, 1.807) is 31.2 Å². The molecule has 0 aliphatic carbocycles. The summed E-state index contributed by atoms with van der Waals surface area (Å²) in [5.74, 6) is 0.553. The molecule has 7 heteroatoms. The van der Waals surface area contributed by atoms with Gasteiger partial charge in [0.15, 0.2) is 12.4 Å². The van der Waals surface area contributed by atoms with E-state index in [2.05, 4.69) is 15.5 Å². The van der Waals surface area contributed by atoms with Crippen molar-refractivity contribution >= 4 is 11.6 Å². The van der Waals surface area contributed by atoms with Crippen LogP contribution in [0.5, 0.6) is 5.75 Å². The molecular formula is C17H14FN3O3. The van der Waals surface area contributed by atoms with Gasteiger partial charge in [0.1, 0.15) is 11.6 Å². The second kappa shape index (κ2) is 6.91. The largest absolute Gasteiger partial charge is 0.483 e. The first-order valence-corrected chi connectivity index (χ1v) is 7.20. The third-order valence-electron chi connectivity index (χ3n) is 3.13. The number of hydrogen-bond acceptors (Lipinski definition) is 5. The van der Waals surface area contributed by atoms with E-state index in [1.165, 1.54) is 24.3 Å². The molecule has 6 nitrogen and oxygen atoms in total. The Bertz CT molecular complexity index is 846. The highest BCUT2D eigenvalue weighted by molar-refractivity contribution is 5.91. The highest BCUT2D eigenvalue weighted by Gasteiger charge is 2.13. The van der Waals surface area contributed by atoms with Crippen molar-refractivity contribution in [2.75, 3.05) is 11.9 Å². The Morgan fingerprint density at radius 1 is 1.21 bits per heavy atom. The molecule has 0 saturated heterocycles. The van der Waals surface area contributed by atoms with E-state index in [4.69, 9.17) is 9.26 Å². The van der Waals surface area contributed by atoms with Crippen LogP contribution in [0.3, 0.4) is 0 Å². The number of nitrogens with zero attached hydrogens (tertiary/aromatic N) is 2. The van der Waals surface area contributed by atoms with E-state index in [-0.39, 0.29) is 18.3 Å². The van der Waals surface area contributed by atoms with Crippen molar-refractivity contribution in [2.24, 2.45) is 0 Å². The molecule has 24 heavy (non-hydrogen) atoms. The summed E-state index contributed by atoms with van der Waals surface area (Å²) >= 11 is 0. The van der Waals surface area contributed by atoms with Gasteiger partial charge in [-0.3, -0.25) is 4.79 Å². The van der Waals surface area contributed by atoms with Crippen molar-refractivity contribution in [3.63, 3.8) is 0 Å². The van der Waals surface area contributed by atoms with Crippen molar-refractivity contribution in [1.82, 2.24) is 10.1 Å². The van der Waals surface area contributed by atoms with Gasteiger partial charge in [-0.2, -0.15) is 4.98 Å². The van der Waals surface area contributed by atoms with Gasteiger partial charge in [-0.25, -0.2) is 4.39 Å². The van der Waals surface area contributed by atoms with Gasteiger partial charge in [0.25, 0.3) is 11.8 Å². The number of para-hydroxylation sites is 1. The highest BCUT2D eigenvalue weighted by Crippen LogP contribution is 2.28. The monoisotopic (exact) mass is 327 g/mol. The number of anilines is 1. The molecule has 0 unspecified atom stereocenters. The molecule has 0 spiro atoms. The van der Waals surface area contributed by atoms with Gasteiger partial charge in [-0.15, -0.1) is 0 Å². The maximum Gasteiger partial charge on any atom is 0.262 e. The zero-order chi connectivity index (χ0) is 16.9. The Labute approximate surface area is 137 Å². The lowest BCUT2D eigenvalue weighted by Gasteiger charge is -2.09. The Balaban J connectivity index is 1.66. The molecule has 1 aromatic heterocycles. The number of benzene rings is 2. The minimum absolute atomic E-state index is 0.207. The number of rotatable bonds is 5. The lowest BCUT2D eigenvalue weighted by Crippen LogP contribution is -2.20. The molecule has 0 saturated carbocycles. The lowest BCUT2D eigenvalue weighted by atomic mass is 10.2. The first-order chi connectivity index (χ1) is 11.6. The van der Waals surface area contributed by atoms with E-state index in [1.807, 2.05) is 0 Å². The maximum atomic E-state index is 12.8. The smallest absolute Gasteiger partial charge is 0.262 e. The zero-order valence-electron chi connectivity index (χ0n) is 12.8. The third kappa shape index (κ3) is 3.75. The number of aromatic nitrogens is 2. The summed E-state index contributed by atoms with van der Waals surface area (Å²) in [5, 5.41) is 6.36. The summed E-state index contributed by atoms with van der Waals surface area (Å²) in [7, 11) is 0. The fraction of sp³-hybridized carbons (Fsp3) is 0.118. The van der Waals surface area contributed by atoms with Crippen LogP contribution in [-0.4, -0.2) is 22.7 Å². The summed E-state index contributed by atoms with van der Waals surface area (Å²) < 4.78 is 23.5. The molecule has 122 valence electrons. The van der Waals surface area contributed by atoms with Crippen LogP contribution < -0.4 is 10.1 Å². The van der Waals surface area contributed by atoms with E-state index in [9.17, 15) is 9.18 Å². The molecule has 1 N–H and O–H groups in total. The van der Waals surface area contributed by atoms with Crippen LogP contribution in [0.4, 0.5) is 10.1 Å². The molecule has 0 radical (unpaired) electrons. The van der Waals surface area contributed by atoms with Gasteiger partial charge in [-0.1, -0.05) is 17.3 Å². The van der Waals surface area contributed by atoms with Crippen LogP contribution >= 0.6 is 0 Å². The summed E-state index contributed by atoms with van der Waals surface area (Å²) in [4.78, 5) is 16.1. The van der Waals surface area contributed by atoms with Crippen molar-refractivity contribution in [3.05, 3.63) is 60.2 Å². The molecule has 0 fully saturated rings. The van der Waals surface area contributed by atoms with Crippen LogP contribution in [-0.2, 0) is 4.79 Å².